The first-order valence-electron chi connectivity index (χ1n) is 12.2. The molecule has 1 saturated heterocycles. The number of amides is 1. The standard InChI is InChI=1S/C24H29B2ClF2N6O3/c1-12-10-35(11-13(2)23(12,28)29)22-31-9-16(27)19(33-22)32-15-5-6-17-14(7-15)8-18(20(36)34(17)4)38-24(25,26)21(37)30-3/h5-9,12-13H,10-11,25-26H2,1-4H3,(H,30,37)(H,31,32,33)/t12-,13+. The van der Waals surface area contributed by atoms with E-state index in [-0.39, 0.29) is 35.3 Å². The Balaban J connectivity index is 1.65. The van der Waals surface area contributed by atoms with Crippen molar-refractivity contribution in [1.82, 2.24) is 19.9 Å². The number of nitrogens with one attached hydrogen (secondary N) is 2. The minimum absolute atomic E-state index is 0.0262. The molecule has 1 aliphatic heterocycles. The van der Waals surface area contributed by atoms with Gasteiger partial charge in [-0.05, 0) is 24.3 Å². The number of benzene rings is 1. The predicted molar refractivity (Wildman–Crippen MR) is 150 cm³/mol. The Kier molecular flexibility index (Phi) is 7.35. The van der Waals surface area contributed by atoms with Crippen molar-refractivity contribution in [2.45, 2.75) is 25.2 Å². The highest BCUT2D eigenvalue weighted by Crippen LogP contribution is 2.39. The summed E-state index contributed by atoms with van der Waals surface area (Å²) in [5.74, 6) is -4.17. The Morgan fingerprint density at radius 1 is 1.24 bits per heavy atom. The Labute approximate surface area is 225 Å². The molecule has 1 fully saturated rings. The van der Waals surface area contributed by atoms with Crippen molar-refractivity contribution in [1.29, 1.82) is 0 Å². The van der Waals surface area contributed by atoms with Gasteiger partial charge in [-0.1, -0.05) is 25.4 Å². The summed E-state index contributed by atoms with van der Waals surface area (Å²) < 4.78 is 35.9. The maximum Gasteiger partial charge on any atom is 0.293 e. The summed E-state index contributed by atoms with van der Waals surface area (Å²) in [6, 6.07) is 6.90. The van der Waals surface area contributed by atoms with Crippen molar-refractivity contribution in [3.05, 3.63) is 45.8 Å². The van der Waals surface area contributed by atoms with Crippen LogP contribution in [0, 0.1) is 11.8 Å². The third-order valence-electron chi connectivity index (χ3n) is 6.91. The zero-order valence-electron chi connectivity index (χ0n) is 22.1. The fourth-order valence-electron chi connectivity index (χ4n) is 4.59. The van der Waals surface area contributed by atoms with E-state index in [4.69, 9.17) is 16.3 Å². The van der Waals surface area contributed by atoms with Crippen molar-refractivity contribution in [2.75, 3.05) is 30.4 Å². The van der Waals surface area contributed by atoms with Gasteiger partial charge in [0, 0.05) is 50.1 Å². The smallest absolute Gasteiger partial charge is 0.293 e. The van der Waals surface area contributed by atoms with E-state index in [1.54, 1.807) is 51.9 Å². The summed E-state index contributed by atoms with van der Waals surface area (Å²) >= 11 is 6.36. The molecular weight excluding hydrogens is 515 g/mol. The number of rotatable bonds is 6. The van der Waals surface area contributed by atoms with Gasteiger partial charge in [-0.25, -0.2) is 13.8 Å². The number of carbonyl (C=O) groups excluding carboxylic acids is 1. The third-order valence-corrected chi connectivity index (χ3v) is 7.19. The summed E-state index contributed by atoms with van der Waals surface area (Å²) in [5, 5.41) is 5.36. The number of aryl methyl sites for hydroxylation is 1. The maximum absolute atomic E-state index is 14.3. The number of piperidine rings is 1. The molecule has 14 heteroatoms. The number of alkyl halides is 2. The van der Waals surface area contributed by atoms with Crippen LogP contribution in [0.15, 0.2) is 35.3 Å². The van der Waals surface area contributed by atoms with Crippen LogP contribution in [0.5, 0.6) is 5.75 Å². The van der Waals surface area contributed by atoms with Gasteiger partial charge in [0.1, 0.15) is 10.4 Å². The zero-order valence-corrected chi connectivity index (χ0v) is 22.9. The van der Waals surface area contributed by atoms with Crippen molar-refractivity contribution in [3.63, 3.8) is 0 Å². The Morgan fingerprint density at radius 2 is 1.89 bits per heavy atom. The number of hydrogen-bond acceptors (Lipinski definition) is 7. The van der Waals surface area contributed by atoms with Crippen molar-refractivity contribution >= 4 is 61.6 Å². The molecule has 0 bridgehead atoms. The van der Waals surface area contributed by atoms with Gasteiger partial charge < -0.3 is 24.8 Å². The zero-order chi connectivity index (χ0) is 28.0. The van der Waals surface area contributed by atoms with Crippen LogP contribution in [0.1, 0.15) is 13.8 Å². The molecule has 3 aromatic rings. The molecule has 0 unspecified atom stereocenters. The molecule has 4 rings (SSSR count). The number of pyridine rings is 1. The number of halogens is 3. The van der Waals surface area contributed by atoms with E-state index in [0.717, 1.165) is 0 Å². The van der Waals surface area contributed by atoms with Gasteiger partial charge in [0.05, 0.1) is 11.7 Å². The second kappa shape index (κ2) is 10.1. The molecule has 1 aromatic carbocycles. The lowest BCUT2D eigenvalue weighted by Crippen LogP contribution is -2.52. The van der Waals surface area contributed by atoms with Crippen molar-refractivity contribution < 1.29 is 18.3 Å². The van der Waals surface area contributed by atoms with Crippen LogP contribution >= 0.6 is 11.6 Å². The summed E-state index contributed by atoms with van der Waals surface area (Å²) in [4.78, 5) is 35.6. The largest absolute Gasteiger partial charge is 0.491 e. The summed E-state index contributed by atoms with van der Waals surface area (Å²) in [6.07, 6.45) is 1.44. The monoisotopic (exact) mass is 544 g/mol. The van der Waals surface area contributed by atoms with Gasteiger partial charge in [-0.3, -0.25) is 9.59 Å². The molecular formula is C24H29B2ClF2N6O3. The highest BCUT2D eigenvalue weighted by atomic mass is 35.5. The maximum atomic E-state index is 14.3. The van der Waals surface area contributed by atoms with Crippen LogP contribution in [-0.2, 0) is 11.8 Å². The first kappa shape index (κ1) is 27.7. The summed E-state index contributed by atoms with van der Waals surface area (Å²) in [5.41, 5.74) is 0.887. The molecule has 2 N–H and O–H groups in total. The molecule has 0 spiro atoms. The van der Waals surface area contributed by atoms with Crippen LogP contribution < -0.4 is 25.8 Å². The van der Waals surface area contributed by atoms with Crippen LogP contribution in [0.3, 0.4) is 0 Å². The van der Waals surface area contributed by atoms with Gasteiger partial charge in [-0.15, -0.1) is 0 Å². The Morgan fingerprint density at radius 3 is 2.53 bits per heavy atom. The molecule has 1 aliphatic rings. The third kappa shape index (κ3) is 5.16. The van der Waals surface area contributed by atoms with Crippen LogP contribution in [0.4, 0.5) is 26.2 Å². The van der Waals surface area contributed by atoms with Gasteiger partial charge in [0.25, 0.3) is 11.5 Å². The Bertz CT molecular complexity index is 1440. The van der Waals surface area contributed by atoms with Crippen LogP contribution in [0.25, 0.3) is 10.9 Å². The number of anilines is 3. The van der Waals surface area contributed by atoms with Crippen molar-refractivity contribution in [3.8, 4) is 5.75 Å². The molecule has 3 heterocycles. The first-order chi connectivity index (χ1) is 17.7. The second-order valence-electron chi connectivity index (χ2n) is 10.2. The number of likely N-dealkylation sites (N-methyl/N-ethyl adjacent to an activating group) is 1. The first-order valence-corrected chi connectivity index (χ1v) is 12.6. The second-order valence-corrected chi connectivity index (χ2v) is 10.6. The lowest BCUT2D eigenvalue weighted by Gasteiger charge is -2.41. The molecule has 38 heavy (non-hydrogen) atoms. The van der Waals surface area contributed by atoms with E-state index < -0.39 is 23.2 Å². The number of nitrogens with zero attached hydrogens (tertiary/aromatic N) is 4. The van der Waals surface area contributed by atoms with Crippen LogP contribution in [-0.4, -0.2) is 67.6 Å². The normalized spacial score (nSPS) is 19.3. The number of aromatic nitrogens is 3. The molecule has 200 valence electrons. The quantitative estimate of drug-likeness (QED) is 0.454. The lowest BCUT2D eigenvalue weighted by molar-refractivity contribution is -0.126. The predicted octanol–water partition coefficient (Wildman–Crippen LogP) is 1.50. The molecule has 2 atom stereocenters. The fraction of sp³-hybridized carbons (Fsp3) is 0.417. The average Bonchev–Trinajstić information content (AvgIpc) is 2.86. The highest BCUT2D eigenvalue weighted by Gasteiger charge is 2.47. The summed E-state index contributed by atoms with van der Waals surface area (Å²) in [6.45, 7) is 3.29. The van der Waals surface area contributed by atoms with E-state index in [9.17, 15) is 18.4 Å². The summed E-state index contributed by atoms with van der Waals surface area (Å²) in [7, 11) is 6.27. The van der Waals surface area contributed by atoms with E-state index in [1.165, 1.54) is 31.7 Å². The molecule has 9 nitrogen and oxygen atoms in total. The minimum atomic E-state index is -2.76. The van der Waals surface area contributed by atoms with Crippen LogP contribution in [0.2, 0.25) is 5.02 Å². The molecule has 0 aliphatic carbocycles. The number of fused-ring (bicyclic) bond motifs is 1. The minimum Gasteiger partial charge on any atom is -0.491 e. The van der Waals surface area contributed by atoms with Gasteiger partial charge in [0.2, 0.25) is 11.9 Å². The van der Waals surface area contributed by atoms with Gasteiger partial charge >= 0.3 is 0 Å². The Hall–Kier alpha value is -3.34. The van der Waals surface area contributed by atoms with Crippen molar-refractivity contribution in [2.24, 2.45) is 18.9 Å². The van der Waals surface area contributed by atoms with E-state index in [1.807, 2.05) is 0 Å². The molecule has 2 aromatic heterocycles. The SMILES string of the molecule is BC(B)(Oc1cc2cc(Nc3nc(N4C[C@@H](C)C(F)(F)[C@@H](C)C4)ncc3Cl)ccc2n(C)c1=O)C(=O)NC. The molecule has 1 amide bonds. The van der Waals surface area contributed by atoms with E-state index >= 15 is 0 Å². The van der Waals surface area contributed by atoms with E-state index in [2.05, 4.69) is 20.6 Å². The van der Waals surface area contributed by atoms with E-state index in [0.29, 0.717) is 28.4 Å². The van der Waals surface area contributed by atoms with Gasteiger partial charge in [-0.2, -0.15) is 4.98 Å². The highest BCUT2D eigenvalue weighted by molar-refractivity contribution is 6.50. The number of ether oxygens (including phenoxy) is 1. The van der Waals surface area contributed by atoms with Gasteiger partial charge in [0.15, 0.2) is 27.3 Å². The number of hydrogen-bond donors (Lipinski definition) is 2. The number of carbonyl (C=O) groups is 1. The fourth-order valence-corrected chi connectivity index (χ4v) is 4.73. The topological polar surface area (TPSA) is 101 Å². The lowest BCUT2D eigenvalue weighted by atomic mass is 9.64. The molecule has 0 saturated carbocycles. The molecule has 0 radical (unpaired) electrons. The average molecular weight is 545 g/mol.